The van der Waals surface area contributed by atoms with E-state index in [0.717, 1.165) is 0 Å². The van der Waals surface area contributed by atoms with Crippen molar-refractivity contribution in [1.82, 2.24) is 9.80 Å². The van der Waals surface area contributed by atoms with Crippen LogP contribution in [0, 0.1) is 0 Å². The predicted molar refractivity (Wildman–Crippen MR) is 99.2 cm³/mol. The molecule has 0 aromatic carbocycles. The first kappa shape index (κ1) is 30.8. The monoisotopic (exact) mass is 478 g/mol. The van der Waals surface area contributed by atoms with E-state index in [1.807, 2.05) is 0 Å². The zero-order valence-electron chi connectivity index (χ0n) is 16.3. The maximum Gasteiger partial charge on any atom is 0.394 e. The highest BCUT2D eigenvalue weighted by Gasteiger charge is 2.14. The highest BCUT2D eigenvalue weighted by Crippen LogP contribution is 1.92. The van der Waals surface area contributed by atoms with Crippen LogP contribution in [-0.2, 0) is 39.1 Å². The largest absolute Gasteiger partial charge is 0.480 e. The molecule has 0 radical (unpaired) electrons. The average molecular weight is 478 g/mol. The summed E-state index contributed by atoms with van der Waals surface area (Å²) in [6.45, 7) is -0.790. The van der Waals surface area contributed by atoms with Gasteiger partial charge in [0, 0.05) is 13.1 Å². The van der Waals surface area contributed by atoms with Crippen molar-refractivity contribution < 1.29 is 66.6 Å². The Morgan fingerprint density at radius 1 is 0.581 bits per heavy atom. The molecule has 17 heteroatoms. The van der Waals surface area contributed by atoms with Gasteiger partial charge in [0.2, 0.25) is 0 Å². The Bertz CT molecular complexity index is 586. The Labute approximate surface area is 177 Å². The molecule has 182 valence electrons. The third-order valence-corrected chi connectivity index (χ3v) is 2.91. The van der Waals surface area contributed by atoms with Crippen LogP contribution in [0.4, 0.5) is 0 Å². The van der Waals surface area contributed by atoms with Gasteiger partial charge in [0.25, 0.3) is 0 Å². The number of aliphatic carboxylic acids is 4. The van der Waals surface area contributed by atoms with Crippen LogP contribution in [0.25, 0.3) is 0 Å². The third-order valence-electron chi connectivity index (χ3n) is 2.91. The molecule has 0 aromatic rings. The van der Waals surface area contributed by atoms with E-state index in [1.165, 1.54) is 9.80 Å². The van der Waals surface area contributed by atoms with E-state index >= 15 is 0 Å². The first-order valence-corrected chi connectivity index (χ1v) is 9.77. The number of rotatable bonds is 17. The normalized spacial score (nSPS) is 11.1. The Kier molecular flexibility index (Phi) is 17.2. The minimum absolute atomic E-state index is 0.119. The molecule has 0 saturated carbocycles. The molecule has 0 aliphatic heterocycles. The summed E-state index contributed by atoms with van der Waals surface area (Å²) >= 11 is 0. The van der Waals surface area contributed by atoms with Crippen LogP contribution >= 0.6 is 0 Å². The fraction of sp³-hybridized carbons (Fsp3) is 0.714. The van der Waals surface area contributed by atoms with E-state index in [-0.39, 0.29) is 39.5 Å². The molecule has 0 heterocycles. The highest BCUT2D eigenvalue weighted by molar-refractivity contribution is 7.79. The van der Waals surface area contributed by atoms with Crippen molar-refractivity contribution in [2.75, 3.05) is 65.7 Å². The van der Waals surface area contributed by atoms with Crippen molar-refractivity contribution in [3.8, 4) is 0 Å². The lowest BCUT2D eigenvalue weighted by Gasteiger charge is -2.18. The maximum atomic E-state index is 10.6. The van der Waals surface area contributed by atoms with Crippen molar-refractivity contribution >= 4 is 34.3 Å². The second-order valence-corrected chi connectivity index (χ2v) is 6.56. The summed E-state index contributed by atoms with van der Waals surface area (Å²) < 4.78 is 42.0. The molecule has 0 saturated heterocycles. The van der Waals surface area contributed by atoms with Crippen LogP contribution < -0.4 is 0 Å². The van der Waals surface area contributed by atoms with Crippen LogP contribution in [0.3, 0.4) is 0 Å². The van der Waals surface area contributed by atoms with Gasteiger partial charge in [-0.05, 0) is 0 Å². The SMILES string of the molecule is O=C(O)CN(CCOCCOCCN(CC(=O)O)CC(=O)O)CC(=O)O.O=S(=O)(O)O. The number of hydrogen-bond donors (Lipinski definition) is 6. The second-order valence-electron chi connectivity index (χ2n) is 5.67. The fourth-order valence-electron chi connectivity index (χ4n) is 1.90. The van der Waals surface area contributed by atoms with Crippen LogP contribution in [0.2, 0.25) is 0 Å². The van der Waals surface area contributed by atoms with E-state index in [9.17, 15) is 19.2 Å². The van der Waals surface area contributed by atoms with Gasteiger partial charge in [-0.15, -0.1) is 0 Å². The summed E-state index contributed by atoms with van der Waals surface area (Å²) in [5.41, 5.74) is 0. The minimum atomic E-state index is -4.67. The number of carboxylic acid groups (broad SMARTS) is 4. The maximum absolute atomic E-state index is 10.6. The van der Waals surface area contributed by atoms with Gasteiger partial charge in [-0.2, -0.15) is 8.42 Å². The summed E-state index contributed by atoms with van der Waals surface area (Å²) in [5, 5.41) is 34.7. The standard InChI is InChI=1S/C14H24N2O10.H2O4S/c17-11(18)7-15(8-12(19)20)1-3-25-5-6-26-4-2-16(9-13(21)22)10-14(23)24;1-5(2,3)4/h1-10H2,(H,17,18)(H,19,20)(H,21,22)(H,23,24);(H2,1,2,3,4). The number of ether oxygens (including phenoxy) is 2. The predicted octanol–water partition coefficient (Wildman–Crippen LogP) is -2.69. The topological polar surface area (TPSA) is 249 Å². The molecule has 0 fully saturated rings. The van der Waals surface area contributed by atoms with Crippen molar-refractivity contribution in [1.29, 1.82) is 0 Å². The lowest BCUT2D eigenvalue weighted by molar-refractivity contribution is -0.144. The van der Waals surface area contributed by atoms with E-state index in [4.69, 9.17) is 47.4 Å². The first-order valence-electron chi connectivity index (χ1n) is 8.38. The Balaban J connectivity index is 0. The smallest absolute Gasteiger partial charge is 0.394 e. The molecule has 31 heavy (non-hydrogen) atoms. The van der Waals surface area contributed by atoms with Crippen molar-refractivity contribution in [2.45, 2.75) is 0 Å². The molecule has 0 unspecified atom stereocenters. The molecular weight excluding hydrogens is 452 g/mol. The van der Waals surface area contributed by atoms with Gasteiger partial charge in [0.1, 0.15) is 0 Å². The molecule has 0 atom stereocenters. The molecule has 0 rings (SSSR count). The van der Waals surface area contributed by atoms with E-state index < -0.39 is 60.5 Å². The third kappa shape index (κ3) is 29.9. The number of nitrogens with zero attached hydrogens (tertiary/aromatic N) is 2. The van der Waals surface area contributed by atoms with Gasteiger partial charge in [-0.25, -0.2) is 0 Å². The van der Waals surface area contributed by atoms with Crippen LogP contribution in [0.5, 0.6) is 0 Å². The zero-order valence-corrected chi connectivity index (χ0v) is 17.1. The van der Waals surface area contributed by atoms with Gasteiger partial charge in [-0.1, -0.05) is 0 Å². The van der Waals surface area contributed by atoms with Gasteiger partial charge in [0.05, 0.1) is 52.6 Å². The van der Waals surface area contributed by atoms with E-state index in [1.54, 1.807) is 0 Å². The summed E-state index contributed by atoms with van der Waals surface area (Å²) in [6, 6.07) is 0. The first-order chi connectivity index (χ1) is 14.2. The summed E-state index contributed by atoms with van der Waals surface area (Å²) in [6.07, 6.45) is 0. The number of carbonyl (C=O) groups is 4. The molecule has 0 spiro atoms. The molecule has 0 aliphatic rings. The minimum Gasteiger partial charge on any atom is -0.480 e. The lowest BCUT2D eigenvalue weighted by Crippen LogP contribution is -2.37. The van der Waals surface area contributed by atoms with Gasteiger partial charge in [-0.3, -0.25) is 38.1 Å². The number of carboxylic acids is 4. The summed E-state index contributed by atoms with van der Waals surface area (Å²) in [7, 11) is -4.67. The molecular formula is C14H26N2O14S. The zero-order chi connectivity index (χ0) is 24.4. The second kappa shape index (κ2) is 17.3. The molecule has 0 aromatic heterocycles. The quantitative estimate of drug-likeness (QED) is 0.0919. The molecule has 0 amide bonds. The molecule has 6 N–H and O–H groups in total. The Morgan fingerprint density at radius 3 is 1.00 bits per heavy atom. The highest BCUT2D eigenvalue weighted by atomic mass is 32.3. The van der Waals surface area contributed by atoms with Gasteiger partial charge < -0.3 is 29.9 Å². The Hall–Kier alpha value is -2.41. The lowest BCUT2D eigenvalue weighted by atomic mass is 10.4. The Morgan fingerprint density at radius 2 is 0.806 bits per heavy atom. The van der Waals surface area contributed by atoms with Crippen molar-refractivity contribution in [3.05, 3.63) is 0 Å². The molecule has 0 aliphatic carbocycles. The van der Waals surface area contributed by atoms with Crippen LogP contribution in [0.15, 0.2) is 0 Å². The van der Waals surface area contributed by atoms with Crippen LogP contribution in [-0.4, -0.2) is 137 Å². The van der Waals surface area contributed by atoms with E-state index in [2.05, 4.69) is 0 Å². The van der Waals surface area contributed by atoms with E-state index in [0.29, 0.717) is 0 Å². The molecule has 0 bridgehead atoms. The average Bonchev–Trinajstić information content (AvgIpc) is 2.53. The fourth-order valence-corrected chi connectivity index (χ4v) is 1.90. The van der Waals surface area contributed by atoms with Crippen molar-refractivity contribution in [3.63, 3.8) is 0 Å². The van der Waals surface area contributed by atoms with Gasteiger partial charge >= 0.3 is 34.3 Å². The van der Waals surface area contributed by atoms with Crippen LogP contribution in [0.1, 0.15) is 0 Å². The summed E-state index contributed by atoms with van der Waals surface area (Å²) in [5.74, 6) is -4.55. The number of hydrogen-bond acceptors (Lipinski definition) is 10. The van der Waals surface area contributed by atoms with Gasteiger partial charge in [0.15, 0.2) is 0 Å². The molecule has 16 nitrogen and oxygen atoms in total. The summed E-state index contributed by atoms with van der Waals surface area (Å²) in [4.78, 5) is 44.9. The van der Waals surface area contributed by atoms with Crippen molar-refractivity contribution in [2.24, 2.45) is 0 Å².